The largest absolute Gasteiger partial charge is 0.477 e. The highest BCUT2D eigenvalue weighted by atomic mass is 16.4. The van der Waals surface area contributed by atoms with E-state index in [-0.39, 0.29) is 5.69 Å². The number of pyridine rings is 1. The molecule has 0 spiro atoms. The van der Waals surface area contributed by atoms with E-state index in [1.54, 1.807) is 12.3 Å². The maximum Gasteiger partial charge on any atom is 0.354 e. The van der Waals surface area contributed by atoms with E-state index in [9.17, 15) is 4.79 Å². The van der Waals surface area contributed by atoms with Crippen molar-refractivity contribution in [3.05, 3.63) is 41.9 Å². The number of H-pyrrole nitrogens is 1. The summed E-state index contributed by atoms with van der Waals surface area (Å²) in [5, 5.41) is 16.0. The molecule has 0 bridgehead atoms. The molecule has 3 rings (SSSR count). The van der Waals surface area contributed by atoms with Crippen LogP contribution in [-0.2, 0) is 0 Å². The van der Waals surface area contributed by atoms with Crippen LogP contribution in [0.25, 0.3) is 0 Å². The zero-order valence-corrected chi connectivity index (χ0v) is 11.0. The molecule has 2 aromatic heterocycles. The lowest BCUT2D eigenvalue weighted by Crippen LogP contribution is -2.33. The Morgan fingerprint density at radius 1 is 1.30 bits per heavy atom. The van der Waals surface area contributed by atoms with E-state index in [1.165, 1.54) is 11.8 Å². The first-order valence-electron chi connectivity index (χ1n) is 6.68. The third kappa shape index (κ3) is 2.49. The Bertz CT molecular complexity index is 589. The monoisotopic (exact) mass is 272 g/mol. The Morgan fingerprint density at radius 3 is 2.75 bits per heavy atom. The lowest BCUT2D eigenvalue weighted by Gasteiger charge is -2.32. The van der Waals surface area contributed by atoms with Crippen LogP contribution < -0.4 is 4.90 Å². The Hall–Kier alpha value is -2.37. The summed E-state index contributed by atoms with van der Waals surface area (Å²) in [4.78, 5) is 17.3. The van der Waals surface area contributed by atoms with E-state index in [2.05, 4.69) is 20.1 Å². The summed E-state index contributed by atoms with van der Waals surface area (Å²) in [6, 6.07) is 7.14. The van der Waals surface area contributed by atoms with Crippen LogP contribution in [0.1, 0.15) is 34.9 Å². The Balaban J connectivity index is 1.69. The molecule has 0 atom stereocenters. The van der Waals surface area contributed by atoms with Crippen molar-refractivity contribution in [2.24, 2.45) is 0 Å². The number of carbonyl (C=O) groups is 1. The van der Waals surface area contributed by atoms with Crippen molar-refractivity contribution in [3.8, 4) is 0 Å². The van der Waals surface area contributed by atoms with Crippen LogP contribution in [0, 0.1) is 0 Å². The van der Waals surface area contributed by atoms with Crippen LogP contribution in [0.4, 0.5) is 5.82 Å². The quantitative estimate of drug-likeness (QED) is 0.891. The normalized spacial score (nSPS) is 16.3. The molecule has 0 unspecified atom stereocenters. The minimum Gasteiger partial charge on any atom is -0.477 e. The highest BCUT2D eigenvalue weighted by molar-refractivity contribution is 5.85. The van der Waals surface area contributed by atoms with Gasteiger partial charge in [0.15, 0.2) is 5.69 Å². The van der Waals surface area contributed by atoms with Crippen molar-refractivity contribution < 1.29 is 9.90 Å². The van der Waals surface area contributed by atoms with E-state index in [0.29, 0.717) is 5.92 Å². The first-order chi connectivity index (χ1) is 9.74. The summed E-state index contributed by atoms with van der Waals surface area (Å²) < 4.78 is 0. The van der Waals surface area contributed by atoms with Crippen LogP contribution in [0.2, 0.25) is 0 Å². The van der Waals surface area contributed by atoms with Crippen molar-refractivity contribution in [3.63, 3.8) is 0 Å². The third-order valence-electron chi connectivity index (χ3n) is 3.73. The minimum absolute atomic E-state index is 0.0955. The zero-order valence-electron chi connectivity index (χ0n) is 11.0. The number of nitrogens with zero attached hydrogens (tertiary/aromatic N) is 3. The molecule has 0 amide bonds. The number of hydrogen-bond donors (Lipinski definition) is 2. The topological polar surface area (TPSA) is 82.1 Å². The summed E-state index contributed by atoms with van der Waals surface area (Å²) in [5.41, 5.74) is 1.27. The molecular weight excluding hydrogens is 256 g/mol. The molecule has 0 radical (unpaired) electrons. The summed E-state index contributed by atoms with van der Waals surface area (Å²) in [6.45, 7) is 1.75. The van der Waals surface area contributed by atoms with Crippen LogP contribution in [0.5, 0.6) is 0 Å². The van der Waals surface area contributed by atoms with Gasteiger partial charge in [-0.3, -0.25) is 5.10 Å². The van der Waals surface area contributed by atoms with Gasteiger partial charge in [-0.25, -0.2) is 9.78 Å². The van der Waals surface area contributed by atoms with E-state index in [4.69, 9.17) is 5.11 Å². The smallest absolute Gasteiger partial charge is 0.354 e. The summed E-state index contributed by atoms with van der Waals surface area (Å²) in [5.74, 6) is 0.253. The number of aromatic nitrogens is 3. The highest BCUT2D eigenvalue weighted by Crippen LogP contribution is 2.28. The number of carboxylic acids is 1. The molecule has 20 heavy (non-hydrogen) atoms. The van der Waals surface area contributed by atoms with Gasteiger partial charge in [-0.2, -0.15) is 5.10 Å². The highest BCUT2D eigenvalue weighted by Gasteiger charge is 2.22. The van der Waals surface area contributed by atoms with Gasteiger partial charge in [0.05, 0.1) is 0 Å². The van der Waals surface area contributed by atoms with E-state index >= 15 is 0 Å². The molecule has 0 aliphatic carbocycles. The van der Waals surface area contributed by atoms with Gasteiger partial charge >= 0.3 is 5.97 Å². The van der Waals surface area contributed by atoms with Gasteiger partial charge in [-0.15, -0.1) is 0 Å². The molecule has 6 heteroatoms. The van der Waals surface area contributed by atoms with Crippen molar-refractivity contribution in [2.75, 3.05) is 18.0 Å². The number of aromatic amines is 1. The SMILES string of the molecule is O=C(O)c1cccc(N2CCC(c3ccn[nH]3)CC2)n1. The number of carboxylic acid groups (broad SMARTS) is 1. The van der Waals surface area contributed by atoms with Gasteiger partial charge in [0, 0.05) is 30.9 Å². The fourth-order valence-corrected chi connectivity index (χ4v) is 2.63. The summed E-state index contributed by atoms with van der Waals surface area (Å²) in [6.07, 6.45) is 3.81. The van der Waals surface area contributed by atoms with Crippen molar-refractivity contribution >= 4 is 11.8 Å². The average molecular weight is 272 g/mol. The van der Waals surface area contributed by atoms with Crippen LogP contribution in [0.3, 0.4) is 0 Å². The fourth-order valence-electron chi connectivity index (χ4n) is 2.63. The van der Waals surface area contributed by atoms with Crippen LogP contribution in [0.15, 0.2) is 30.5 Å². The molecule has 6 nitrogen and oxygen atoms in total. The molecule has 1 aliphatic heterocycles. The van der Waals surface area contributed by atoms with E-state index in [1.807, 2.05) is 12.1 Å². The first kappa shape index (κ1) is 12.7. The van der Waals surface area contributed by atoms with E-state index < -0.39 is 5.97 Å². The van der Waals surface area contributed by atoms with Gasteiger partial charge in [0.1, 0.15) is 5.82 Å². The van der Waals surface area contributed by atoms with Gasteiger partial charge in [-0.1, -0.05) is 6.07 Å². The van der Waals surface area contributed by atoms with Crippen molar-refractivity contribution in [1.29, 1.82) is 0 Å². The van der Waals surface area contributed by atoms with Crippen molar-refractivity contribution in [1.82, 2.24) is 15.2 Å². The first-order valence-corrected chi connectivity index (χ1v) is 6.68. The Morgan fingerprint density at radius 2 is 2.10 bits per heavy atom. The molecule has 1 aliphatic rings. The summed E-state index contributed by atoms with van der Waals surface area (Å²) in [7, 11) is 0. The van der Waals surface area contributed by atoms with Gasteiger partial charge in [0.2, 0.25) is 0 Å². The minimum atomic E-state index is -0.987. The molecular formula is C14H16N4O2. The van der Waals surface area contributed by atoms with Crippen LogP contribution >= 0.6 is 0 Å². The lowest BCUT2D eigenvalue weighted by molar-refractivity contribution is 0.0690. The second-order valence-electron chi connectivity index (χ2n) is 4.96. The maximum absolute atomic E-state index is 11.0. The molecule has 0 saturated carbocycles. The lowest BCUT2D eigenvalue weighted by atomic mass is 9.94. The Labute approximate surface area is 116 Å². The zero-order chi connectivity index (χ0) is 13.9. The predicted octanol–water partition coefficient (Wildman–Crippen LogP) is 1.89. The Kier molecular flexibility index (Phi) is 3.37. The predicted molar refractivity (Wildman–Crippen MR) is 74.0 cm³/mol. The fraction of sp³-hybridized carbons (Fsp3) is 0.357. The van der Waals surface area contributed by atoms with Gasteiger partial charge < -0.3 is 10.0 Å². The molecule has 2 N–H and O–H groups in total. The number of anilines is 1. The molecule has 0 aromatic carbocycles. The van der Waals surface area contributed by atoms with Gasteiger partial charge in [0.25, 0.3) is 0 Å². The molecule has 1 saturated heterocycles. The average Bonchev–Trinajstić information content (AvgIpc) is 3.02. The van der Waals surface area contributed by atoms with Crippen molar-refractivity contribution in [2.45, 2.75) is 18.8 Å². The molecule has 1 fully saturated rings. The molecule has 2 aromatic rings. The number of rotatable bonds is 3. The van der Waals surface area contributed by atoms with E-state index in [0.717, 1.165) is 31.7 Å². The standard InChI is InChI=1S/C14H16N4O2/c19-14(20)12-2-1-3-13(16-12)18-8-5-10(6-9-18)11-4-7-15-17-11/h1-4,7,10H,5-6,8-9H2,(H,15,17)(H,19,20). The maximum atomic E-state index is 11.0. The molecule has 104 valence electrons. The number of nitrogens with one attached hydrogen (secondary N) is 1. The number of hydrogen-bond acceptors (Lipinski definition) is 4. The molecule has 3 heterocycles. The number of aromatic carboxylic acids is 1. The number of piperidine rings is 1. The summed E-state index contributed by atoms with van der Waals surface area (Å²) >= 11 is 0. The third-order valence-corrected chi connectivity index (χ3v) is 3.73. The second-order valence-corrected chi connectivity index (χ2v) is 4.96. The van der Waals surface area contributed by atoms with Crippen LogP contribution in [-0.4, -0.2) is 39.3 Å². The second kappa shape index (κ2) is 5.32. The van der Waals surface area contributed by atoms with Gasteiger partial charge in [-0.05, 0) is 31.0 Å².